The molecular formula is C14H19Br2N. The molecule has 1 saturated carbocycles. The zero-order chi connectivity index (χ0) is 12.4. The zero-order valence-corrected chi connectivity index (χ0v) is 13.3. The molecule has 17 heavy (non-hydrogen) atoms. The molecule has 1 fully saturated rings. The third-order valence-corrected chi connectivity index (χ3v) is 5.02. The molecule has 2 rings (SSSR count). The van der Waals surface area contributed by atoms with E-state index in [-0.39, 0.29) is 6.04 Å². The van der Waals surface area contributed by atoms with Crippen LogP contribution in [0.2, 0.25) is 0 Å². The molecule has 0 radical (unpaired) electrons. The van der Waals surface area contributed by atoms with E-state index in [1.807, 2.05) is 6.07 Å². The van der Waals surface area contributed by atoms with E-state index >= 15 is 0 Å². The van der Waals surface area contributed by atoms with E-state index in [0.29, 0.717) is 5.92 Å². The van der Waals surface area contributed by atoms with Crippen molar-refractivity contribution in [2.45, 2.75) is 38.6 Å². The van der Waals surface area contributed by atoms with Gasteiger partial charge in [-0.3, -0.25) is 0 Å². The molecule has 0 spiro atoms. The topological polar surface area (TPSA) is 26.0 Å². The molecule has 0 aliphatic heterocycles. The van der Waals surface area contributed by atoms with Gasteiger partial charge in [-0.1, -0.05) is 51.6 Å². The van der Waals surface area contributed by atoms with Crippen LogP contribution in [0.25, 0.3) is 0 Å². The fourth-order valence-corrected chi connectivity index (χ4v) is 3.72. The predicted octanol–water partition coefficient (Wildman–Crippen LogP) is 5.04. The SMILES string of the molecule is CC1CCCC(C(N)c2cc(Br)ccc2Br)C1. The van der Waals surface area contributed by atoms with Gasteiger partial charge in [0.15, 0.2) is 0 Å². The summed E-state index contributed by atoms with van der Waals surface area (Å²) in [6.07, 6.45) is 5.22. The summed E-state index contributed by atoms with van der Waals surface area (Å²) in [5.41, 5.74) is 7.69. The van der Waals surface area contributed by atoms with E-state index in [0.717, 1.165) is 14.9 Å². The Hall–Kier alpha value is 0.140. The smallest absolute Gasteiger partial charge is 0.0335 e. The molecule has 1 aromatic rings. The van der Waals surface area contributed by atoms with Gasteiger partial charge < -0.3 is 5.73 Å². The molecule has 3 atom stereocenters. The van der Waals surface area contributed by atoms with Gasteiger partial charge in [0.1, 0.15) is 0 Å². The van der Waals surface area contributed by atoms with Gasteiger partial charge in [-0.2, -0.15) is 0 Å². The van der Waals surface area contributed by atoms with Crippen molar-refractivity contribution in [1.29, 1.82) is 0 Å². The van der Waals surface area contributed by atoms with Crippen molar-refractivity contribution in [2.24, 2.45) is 17.6 Å². The minimum absolute atomic E-state index is 0.157. The van der Waals surface area contributed by atoms with E-state index in [1.165, 1.54) is 31.2 Å². The second-order valence-electron chi connectivity index (χ2n) is 5.22. The molecule has 3 unspecified atom stereocenters. The summed E-state index contributed by atoms with van der Waals surface area (Å²) >= 11 is 7.14. The molecule has 1 aromatic carbocycles. The Labute approximate surface area is 120 Å². The fourth-order valence-electron chi connectivity index (χ4n) is 2.83. The molecule has 0 saturated heterocycles. The summed E-state index contributed by atoms with van der Waals surface area (Å²) in [4.78, 5) is 0. The highest BCUT2D eigenvalue weighted by Crippen LogP contribution is 2.38. The lowest BCUT2D eigenvalue weighted by Crippen LogP contribution is -2.26. The molecule has 3 heteroatoms. The highest BCUT2D eigenvalue weighted by Gasteiger charge is 2.26. The van der Waals surface area contributed by atoms with E-state index in [9.17, 15) is 0 Å². The van der Waals surface area contributed by atoms with Crippen LogP contribution in [0.15, 0.2) is 27.1 Å². The lowest BCUT2D eigenvalue weighted by atomic mass is 9.77. The molecular weight excluding hydrogens is 342 g/mol. The van der Waals surface area contributed by atoms with Crippen molar-refractivity contribution in [3.63, 3.8) is 0 Å². The average molecular weight is 361 g/mol. The van der Waals surface area contributed by atoms with Gasteiger partial charge in [-0.25, -0.2) is 0 Å². The van der Waals surface area contributed by atoms with Crippen molar-refractivity contribution < 1.29 is 0 Å². The molecule has 94 valence electrons. The molecule has 1 aliphatic carbocycles. The van der Waals surface area contributed by atoms with Crippen molar-refractivity contribution in [3.8, 4) is 0 Å². The average Bonchev–Trinajstić information content (AvgIpc) is 2.31. The van der Waals surface area contributed by atoms with Gasteiger partial charge >= 0.3 is 0 Å². The first-order valence-corrected chi connectivity index (χ1v) is 7.87. The second-order valence-corrected chi connectivity index (χ2v) is 6.99. The Morgan fingerprint density at radius 3 is 2.76 bits per heavy atom. The first kappa shape index (κ1) is 13.6. The summed E-state index contributed by atoms with van der Waals surface area (Å²) in [6.45, 7) is 2.34. The summed E-state index contributed by atoms with van der Waals surface area (Å²) in [5.74, 6) is 1.45. The lowest BCUT2D eigenvalue weighted by molar-refractivity contribution is 0.247. The Morgan fingerprint density at radius 2 is 2.06 bits per heavy atom. The van der Waals surface area contributed by atoms with Crippen LogP contribution in [-0.4, -0.2) is 0 Å². The second kappa shape index (κ2) is 5.85. The van der Waals surface area contributed by atoms with E-state index < -0.39 is 0 Å². The maximum Gasteiger partial charge on any atom is 0.0335 e. The van der Waals surface area contributed by atoms with Gasteiger partial charge in [0.25, 0.3) is 0 Å². The highest BCUT2D eigenvalue weighted by atomic mass is 79.9. The van der Waals surface area contributed by atoms with Crippen molar-refractivity contribution in [1.82, 2.24) is 0 Å². The quantitative estimate of drug-likeness (QED) is 0.785. The molecule has 2 N–H and O–H groups in total. The number of halogens is 2. The summed E-state index contributed by atoms with van der Waals surface area (Å²) in [6, 6.07) is 6.42. The van der Waals surface area contributed by atoms with Crippen LogP contribution in [0.3, 0.4) is 0 Å². The van der Waals surface area contributed by atoms with Crippen molar-refractivity contribution >= 4 is 31.9 Å². The van der Waals surface area contributed by atoms with E-state index in [4.69, 9.17) is 5.73 Å². The van der Waals surface area contributed by atoms with E-state index in [2.05, 4.69) is 50.9 Å². The van der Waals surface area contributed by atoms with E-state index in [1.54, 1.807) is 0 Å². The van der Waals surface area contributed by atoms with Crippen molar-refractivity contribution in [2.75, 3.05) is 0 Å². The van der Waals surface area contributed by atoms with Crippen LogP contribution in [0.5, 0.6) is 0 Å². The number of nitrogens with two attached hydrogens (primary N) is 1. The Balaban J connectivity index is 2.18. The largest absolute Gasteiger partial charge is 0.324 e. The summed E-state index contributed by atoms with van der Waals surface area (Å²) in [5, 5.41) is 0. The molecule has 0 bridgehead atoms. The number of benzene rings is 1. The van der Waals surface area contributed by atoms with Crippen LogP contribution >= 0.6 is 31.9 Å². The standard InChI is InChI=1S/C14H19Br2N/c1-9-3-2-4-10(7-9)14(17)12-8-11(15)5-6-13(12)16/h5-6,8-10,14H,2-4,7,17H2,1H3. The van der Waals surface area contributed by atoms with Crippen LogP contribution < -0.4 is 5.73 Å². The normalized spacial score (nSPS) is 26.8. The predicted molar refractivity (Wildman–Crippen MR) is 79.9 cm³/mol. The monoisotopic (exact) mass is 359 g/mol. The number of hydrogen-bond donors (Lipinski definition) is 1. The van der Waals surface area contributed by atoms with Crippen LogP contribution in [0.4, 0.5) is 0 Å². The van der Waals surface area contributed by atoms with Crippen LogP contribution in [-0.2, 0) is 0 Å². The third-order valence-electron chi connectivity index (χ3n) is 3.80. The minimum atomic E-state index is 0.157. The zero-order valence-electron chi connectivity index (χ0n) is 10.1. The highest BCUT2D eigenvalue weighted by molar-refractivity contribution is 9.11. The number of hydrogen-bond acceptors (Lipinski definition) is 1. The molecule has 0 heterocycles. The lowest BCUT2D eigenvalue weighted by Gasteiger charge is -2.32. The number of rotatable bonds is 2. The third kappa shape index (κ3) is 3.33. The Morgan fingerprint density at radius 1 is 1.29 bits per heavy atom. The molecule has 0 amide bonds. The first-order valence-electron chi connectivity index (χ1n) is 6.28. The Kier molecular flexibility index (Phi) is 4.67. The maximum atomic E-state index is 6.45. The van der Waals surface area contributed by atoms with Gasteiger partial charge in [-0.15, -0.1) is 0 Å². The van der Waals surface area contributed by atoms with Crippen LogP contribution in [0, 0.1) is 11.8 Å². The molecule has 1 nitrogen and oxygen atoms in total. The van der Waals surface area contributed by atoms with Gasteiger partial charge in [0.2, 0.25) is 0 Å². The first-order chi connectivity index (χ1) is 8.08. The molecule has 0 aromatic heterocycles. The minimum Gasteiger partial charge on any atom is -0.324 e. The summed E-state index contributed by atoms with van der Waals surface area (Å²) in [7, 11) is 0. The Bertz CT molecular complexity index is 392. The summed E-state index contributed by atoms with van der Waals surface area (Å²) < 4.78 is 2.24. The van der Waals surface area contributed by atoms with Gasteiger partial charge in [0.05, 0.1) is 0 Å². The van der Waals surface area contributed by atoms with Crippen LogP contribution in [0.1, 0.15) is 44.2 Å². The maximum absolute atomic E-state index is 6.45. The van der Waals surface area contributed by atoms with Gasteiger partial charge in [0, 0.05) is 15.0 Å². The van der Waals surface area contributed by atoms with Gasteiger partial charge in [-0.05, 0) is 48.4 Å². The van der Waals surface area contributed by atoms with Crippen molar-refractivity contribution in [3.05, 3.63) is 32.7 Å². The fraction of sp³-hybridized carbons (Fsp3) is 0.571. The molecule has 1 aliphatic rings.